The Hall–Kier alpha value is -4.57. The molecule has 0 bridgehead atoms. The number of primary amides is 1. The molecule has 2 amide bonds. The maximum atomic E-state index is 13.8. The van der Waals surface area contributed by atoms with Gasteiger partial charge in [-0.15, -0.1) is 0 Å². The van der Waals surface area contributed by atoms with Crippen LogP contribution >= 0.6 is 0 Å². The van der Waals surface area contributed by atoms with Crippen LogP contribution in [0.1, 0.15) is 47.9 Å². The highest BCUT2D eigenvalue weighted by Crippen LogP contribution is 2.45. The average molecular weight is 648 g/mol. The van der Waals surface area contributed by atoms with Crippen molar-refractivity contribution in [3.05, 3.63) is 113 Å². The molecule has 0 spiro atoms. The lowest BCUT2D eigenvalue weighted by atomic mass is 9.87. The standard InChI is InChI=1S/C37H31F6N3O/c38-36(39,40)26-17-27(37(41,42)43)19-28(18-26)46(35(44)47)32-12-6-5-11-31(32)45-20-24-15-13-22-7-1-3-9-29(22)33(24)34-25(21-45)16-14-23-8-2-4-10-30(23)34/h1-4,7-10,13-19,31-32H,5-6,11-12,20-21H2,(H2,44,47)/t31-,32-/m0/s1. The zero-order chi connectivity index (χ0) is 33.1. The first kappa shape index (κ1) is 31.1. The van der Waals surface area contributed by atoms with E-state index in [-0.39, 0.29) is 6.07 Å². The normalized spacial score (nSPS) is 18.9. The molecule has 1 fully saturated rings. The molecule has 5 aromatic rings. The predicted octanol–water partition coefficient (Wildman–Crippen LogP) is 9.91. The first-order chi connectivity index (χ1) is 22.4. The second-order valence-electron chi connectivity index (χ2n) is 12.4. The van der Waals surface area contributed by atoms with Crippen LogP contribution in [0, 0.1) is 0 Å². The van der Waals surface area contributed by atoms with Gasteiger partial charge in [0.2, 0.25) is 0 Å². The van der Waals surface area contributed by atoms with Gasteiger partial charge in [0.05, 0.1) is 17.2 Å². The summed E-state index contributed by atoms with van der Waals surface area (Å²) in [7, 11) is 0. The van der Waals surface area contributed by atoms with Crippen LogP contribution in [0.2, 0.25) is 0 Å². The van der Waals surface area contributed by atoms with Crippen molar-refractivity contribution in [1.29, 1.82) is 0 Å². The average Bonchev–Trinajstić information content (AvgIpc) is 3.21. The van der Waals surface area contributed by atoms with Gasteiger partial charge >= 0.3 is 18.4 Å². The minimum absolute atomic E-state index is 0.0678. The second kappa shape index (κ2) is 11.6. The molecular weight excluding hydrogens is 616 g/mol. The molecule has 2 atom stereocenters. The van der Waals surface area contributed by atoms with Crippen LogP contribution in [0.5, 0.6) is 0 Å². The van der Waals surface area contributed by atoms with Crippen LogP contribution in [-0.4, -0.2) is 23.0 Å². The van der Waals surface area contributed by atoms with E-state index in [4.69, 9.17) is 5.73 Å². The van der Waals surface area contributed by atoms with E-state index in [2.05, 4.69) is 53.4 Å². The number of carbonyl (C=O) groups is 1. The second-order valence-corrected chi connectivity index (χ2v) is 12.4. The highest BCUT2D eigenvalue weighted by molar-refractivity contribution is 6.08. The number of halogens is 6. The van der Waals surface area contributed by atoms with Gasteiger partial charge in [0.25, 0.3) is 0 Å². The zero-order valence-corrected chi connectivity index (χ0v) is 25.2. The van der Waals surface area contributed by atoms with Gasteiger partial charge in [-0.05, 0) is 74.8 Å². The molecule has 5 aromatic carbocycles. The van der Waals surface area contributed by atoms with Crippen LogP contribution in [0.4, 0.5) is 36.8 Å². The molecule has 1 saturated carbocycles. The summed E-state index contributed by atoms with van der Waals surface area (Å²) >= 11 is 0. The van der Waals surface area contributed by atoms with E-state index in [0.29, 0.717) is 44.5 Å². The lowest BCUT2D eigenvalue weighted by molar-refractivity contribution is -0.143. The summed E-state index contributed by atoms with van der Waals surface area (Å²) in [5.41, 5.74) is 6.64. The van der Waals surface area contributed by atoms with Gasteiger partial charge in [0.1, 0.15) is 0 Å². The third-order valence-electron chi connectivity index (χ3n) is 9.61. The molecule has 1 aliphatic carbocycles. The Balaban J connectivity index is 1.38. The fourth-order valence-corrected chi connectivity index (χ4v) is 7.59. The molecule has 0 radical (unpaired) electrons. The van der Waals surface area contributed by atoms with Crippen LogP contribution < -0.4 is 10.6 Å². The van der Waals surface area contributed by atoms with Crippen molar-refractivity contribution in [3.8, 4) is 11.1 Å². The van der Waals surface area contributed by atoms with E-state index in [0.717, 1.165) is 55.1 Å². The number of fused-ring (bicyclic) bond motifs is 7. The van der Waals surface area contributed by atoms with E-state index in [1.165, 1.54) is 0 Å². The Bertz CT molecular complexity index is 1880. The van der Waals surface area contributed by atoms with E-state index in [1.807, 2.05) is 24.3 Å². The Morgan fingerprint density at radius 3 is 1.66 bits per heavy atom. The summed E-state index contributed by atoms with van der Waals surface area (Å²) in [6.45, 7) is 0.931. The molecule has 2 aliphatic rings. The third kappa shape index (κ3) is 5.69. The topological polar surface area (TPSA) is 49.6 Å². The Kier molecular flexibility index (Phi) is 7.66. The number of rotatable bonds is 3. The molecule has 0 aromatic heterocycles. The molecule has 4 nitrogen and oxygen atoms in total. The Morgan fingerprint density at radius 1 is 0.681 bits per heavy atom. The minimum atomic E-state index is -5.06. The van der Waals surface area contributed by atoms with Crippen LogP contribution in [0.25, 0.3) is 32.7 Å². The van der Waals surface area contributed by atoms with E-state index < -0.39 is 47.3 Å². The smallest absolute Gasteiger partial charge is 0.351 e. The number of benzene rings is 5. The van der Waals surface area contributed by atoms with Gasteiger partial charge in [-0.2, -0.15) is 26.3 Å². The van der Waals surface area contributed by atoms with Gasteiger partial charge in [-0.3, -0.25) is 9.80 Å². The number of nitrogens with two attached hydrogens (primary N) is 1. The molecule has 2 N–H and O–H groups in total. The van der Waals surface area contributed by atoms with E-state index >= 15 is 0 Å². The van der Waals surface area contributed by atoms with Crippen LogP contribution in [0.3, 0.4) is 0 Å². The van der Waals surface area contributed by atoms with Gasteiger partial charge in [-0.25, -0.2) is 4.79 Å². The molecule has 242 valence electrons. The number of carbonyl (C=O) groups excluding carboxylic acids is 1. The molecule has 1 heterocycles. The van der Waals surface area contributed by atoms with Gasteiger partial charge < -0.3 is 5.73 Å². The molecule has 0 saturated heterocycles. The first-order valence-corrected chi connectivity index (χ1v) is 15.5. The zero-order valence-electron chi connectivity index (χ0n) is 25.2. The summed E-state index contributed by atoms with van der Waals surface area (Å²) in [4.78, 5) is 16.2. The van der Waals surface area contributed by atoms with Crippen molar-refractivity contribution in [2.24, 2.45) is 5.73 Å². The monoisotopic (exact) mass is 647 g/mol. The minimum Gasteiger partial charge on any atom is -0.351 e. The number of alkyl halides is 6. The maximum absolute atomic E-state index is 13.8. The Morgan fingerprint density at radius 2 is 1.17 bits per heavy atom. The molecule has 1 aliphatic heterocycles. The van der Waals surface area contributed by atoms with E-state index in [1.54, 1.807) is 0 Å². The largest absolute Gasteiger partial charge is 0.416 e. The first-order valence-electron chi connectivity index (χ1n) is 15.5. The molecule has 7 rings (SSSR count). The van der Waals surface area contributed by atoms with Crippen molar-refractivity contribution in [2.75, 3.05) is 4.90 Å². The lowest BCUT2D eigenvalue weighted by Gasteiger charge is -2.44. The summed E-state index contributed by atoms with van der Waals surface area (Å²) in [6.07, 6.45) is -7.73. The number of anilines is 1. The molecule has 0 unspecified atom stereocenters. The van der Waals surface area contributed by atoms with Gasteiger partial charge in [-0.1, -0.05) is 85.6 Å². The number of urea groups is 1. The van der Waals surface area contributed by atoms with Crippen molar-refractivity contribution in [3.63, 3.8) is 0 Å². The van der Waals surface area contributed by atoms with Crippen molar-refractivity contribution < 1.29 is 31.1 Å². The number of hydrogen-bond acceptors (Lipinski definition) is 2. The van der Waals surface area contributed by atoms with Crippen molar-refractivity contribution in [2.45, 2.75) is 63.2 Å². The summed E-state index contributed by atoms with van der Waals surface area (Å²) in [5.74, 6) is 0. The fourth-order valence-electron chi connectivity index (χ4n) is 7.59. The fraction of sp³-hybridized carbons (Fsp3) is 0.270. The quantitative estimate of drug-likeness (QED) is 0.198. The van der Waals surface area contributed by atoms with Crippen molar-refractivity contribution >= 4 is 33.3 Å². The summed E-state index contributed by atoms with van der Waals surface area (Å²) < 4.78 is 83.1. The predicted molar refractivity (Wildman–Crippen MR) is 171 cm³/mol. The SMILES string of the molecule is NC(=O)N(c1cc(C(F)(F)F)cc(C(F)(F)F)c1)[C@H]1CCCC[C@@H]1N1Cc2ccc3ccccc3c2-c2c(ccc3ccccc23)C1. The van der Waals surface area contributed by atoms with Crippen LogP contribution in [0.15, 0.2) is 91.0 Å². The lowest BCUT2D eigenvalue weighted by Crippen LogP contribution is -2.56. The summed E-state index contributed by atoms with van der Waals surface area (Å²) in [5, 5.41) is 4.34. The van der Waals surface area contributed by atoms with Gasteiger partial charge in [0, 0.05) is 24.8 Å². The third-order valence-corrected chi connectivity index (χ3v) is 9.61. The summed E-state index contributed by atoms with van der Waals surface area (Å²) in [6, 6.07) is 23.6. The Labute approximate surface area is 267 Å². The number of hydrogen-bond donors (Lipinski definition) is 1. The molecule has 10 heteroatoms. The molecule has 47 heavy (non-hydrogen) atoms. The van der Waals surface area contributed by atoms with Crippen molar-refractivity contribution in [1.82, 2.24) is 4.90 Å². The number of amides is 2. The van der Waals surface area contributed by atoms with Crippen LogP contribution in [-0.2, 0) is 25.4 Å². The highest BCUT2D eigenvalue weighted by Gasteiger charge is 2.42. The van der Waals surface area contributed by atoms with Gasteiger partial charge in [0.15, 0.2) is 0 Å². The highest BCUT2D eigenvalue weighted by atomic mass is 19.4. The van der Waals surface area contributed by atoms with E-state index in [9.17, 15) is 31.1 Å². The molecular formula is C37H31F6N3O. The maximum Gasteiger partial charge on any atom is 0.416 e. The number of nitrogens with zero attached hydrogens (tertiary/aromatic N) is 2.